The van der Waals surface area contributed by atoms with Crippen molar-refractivity contribution in [2.75, 3.05) is 62.2 Å². The number of anilines is 2. The third-order valence-electron chi connectivity index (χ3n) is 7.16. The lowest BCUT2D eigenvalue weighted by Gasteiger charge is -2.36. The van der Waals surface area contributed by atoms with E-state index in [0.29, 0.717) is 51.6 Å². The molecule has 3 heterocycles. The first kappa shape index (κ1) is 23.4. The van der Waals surface area contributed by atoms with Gasteiger partial charge in [0.05, 0.1) is 24.8 Å². The number of amides is 3. The number of carbonyl (C=O) groups is 3. The first-order valence-electron chi connectivity index (χ1n) is 12.5. The Morgan fingerprint density at radius 1 is 0.943 bits per heavy atom. The van der Waals surface area contributed by atoms with Crippen LogP contribution in [0.4, 0.5) is 11.4 Å². The molecular formula is C27H32N4O4. The van der Waals surface area contributed by atoms with Gasteiger partial charge in [0.25, 0.3) is 0 Å². The first-order chi connectivity index (χ1) is 17.0. The van der Waals surface area contributed by atoms with Crippen LogP contribution in [0.2, 0.25) is 0 Å². The average Bonchev–Trinajstić information content (AvgIpc) is 3.48. The monoisotopic (exact) mass is 476 g/mol. The maximum atomic E-state index is 13.2. The Balaban J connectivity index is 1.14. The lowest BCUT2D eigenvalue weighted by molar-refractivity contribution is -0.137. The molecule has 184 valence electrons. The average molecular weight is 477 g/mol. The van der Waals surface area contributed by atoms with Crippen molar-refractivity contribution in [1.29, 1.82) is 0 Å². The fourth-order valence-electron chi connectivity index (χ4n) is 5.32. The van der Waals surface area contributed by atoms with Gasteiger partial charge < -0.3 is 19.4 Å². The molecule has 0 saturated carbocycles. The van der Waals surface area contributed by atoms with E-state index in [-0.39, 0.29) is 30.1 Å². The summed E-state index contributed by atoms with van der Waals surface area (Å²) >= 11 is 0. The molecule has 1 atom stereocenters. The molecule has 1 unspecified atom stereocenters. The fourth-order valence-corrected chi connectivity index (χ4v) is 5.32. The van der Waals surface area contributed by atoms with E-state index in [4.69, 9.17) is 4.74 Å². The summed E-state index contributed by atoms with van der Waals surface area (Å²) in [6.45, 7) is 6.34. The highest BCUT2D eigenvalue weighted by Gasteiger charge is 2.39. The number of rotatable bonds is 6. The van der Waals surface area contributed by atoms with Gasteiger partial charge in [-0.15, -0.1) is 0 Å². The number of hydrogen-bond donors (Lipinski definition) is 0. The Kier molecular flexibility index (Phi) is 6.72. The second kappa shape index (κ2) is 10.1. The van der Waals surface area contributed by atoms with Crippen molar-refractivity contribution in [3.05, 3.63) is 54.1 Å². The lowest BCUT2D eigenvalue weighted by atomic mass is 10.1. The minimum Gasteiger partial charge on any atom is -0.492 e. The normalized spacial score (nSPS) is 20.3. The summed E-state index contributed by atoms with van der Waals surface area (Å²) in [6, 6.07) is 15.5. The number of ether oxygens (including phenoxy) is 1. The molecule has 2 aromatic carbocycles. The zero-order valence-electron chi connectivity index (χ0n) is 20.2. The summed E-state index contributed by atoms with van der Waals surface area (Å²) in [5, 5.41) is 0. The van der Waals surface area contributed by atoms with E-state index in [2.05, 4.69) is 11.0 Å². The molecule has 5 rings (SSSR count). The van der Waals surface area contributed by atoms with Gasteiger partial charge in [0.15, 0.2) is 0 Å². The van der Waals surface area contributed by atoms with Gasteiger partial charge in [-0.3, -0.25) is 19.3 Å². The highest BCUT2D eigenvalue weighted by molar-refractivity contribution is 6.01. The molecule has 2 aromatic rings. The van der Waals surface area contributed by atoms with Gasteiger partial charge in [-0.1, -0.05) is 30.3 Å². The van der Waals surface area contributed by atoms with Crippen LogP contribution < -0.4 is 14.5 Å². The summed E-state index contributed by atoms with van der Waals surface area (Å²) in [4.78, 5) is 46.5. The number of benzene rings is 2. The van der Waals surface area contributed by atoms with Gasteiger partial charge in [-0.05, 0) is 37.1 Å². The SMILES string of the molecule is CCOc1ccccc1N1CC(C(=O)N2CCN(CC(=O)N3CCc4ccccc43)CC2)CC1=O. The zero-order valence-corrected chi connectivity index (χ0v) is 20.2. The molecule has 0 N–H and O–H groups in total. The number of fused-ring (bicyclic) bond motifs is 1. The van der Waals surface area contributed by atoms with Gasteiger partial charge in [0.2, 0.25) is 17.7 Å². The third kappa shape index (κ3) is 4.75. The predicted octanol–water partition coefficient (Wildman–Crippen LogP) is 2.17. The molecule has 8 heteroatoms. The molecule has 3 amide bonds. The summed E-state index contributed by atoms with van der Waals surface area (Å²) in [6.07, 6.45) is 1.11. The fraction of sp³-hybridized carbons (Fsp3) is 0.444. The molecular weight excluding hydrogens is 444 g/mol. The largest absolute Gasteiger partial charge is 0.492 e. The van der Waals surface area contributed by atoms with Gasteiger partial charge >= 0.3 is 0 Å². The standard InChI is InChI=1S/C27H32N4O4/c1-2-35-24-10-6-5-9-23(24)31-18-21(17-25(31)32)27(34)29-15-13-28(14-16-29)19-26(33)30-12-11-20-7-3-4-8-22(20)30/h3-10,21H,2,11-19H2,1H3. The summed E-state index contributed by atoms with van der Waals surface area (Å²) in [5.41, 5.74) is 2.97. The molecule has 0 aromatic heterocycles. The number of nitrogens with zero attached hydrogens (tertiary/aromatic N) is 4. The van der Waals surface area contributed by atoms with Crippen LogP contribution in [-0.4, -0.2) is 79.9 Å². The third-order valence-corrected chi connectivity index (χ3v) is 7.16. The van der Waals surface area contributed by atoms with Crippen LogP contribution in [0.5, 0.6) is 5.75 Å². The van der Waals surface area contributed by atoms with E-state index < -0.39 is 0 Å². The molecule has 3 aliphatic rings. The molecule has 0 radical (unpaired) electrons. The zero-order chi connectivity index (χ0) is 24.4. The van der Waals surface area contributed by atoms with E-state index >= 15 is 0 Å². The number of carbonyl (C=O) groups excluding carboxylic acids is 3. The first-order valence-corrected chi connectivity index (χ1v) is 12.5. The molecule has 3 aliphatic heterocycles. The molecule has 0 bridgehead atoms. The molecule has 8 nitrogen and oxygen atoms in total. The van der Waals surface area contributed by atoms with Crippen molar-refractivity contribution < 1.29 is 19.1 Å². The summed E-state index contributed by atoms with van der Waals surface area (Å²) in [5.74, 6) is 0.390. The van der Waals surface area contributed by atoms with Crippen LogP contribution in [-0.2, 0) is 20.8 Å². The molecule has 2 fully saturated rings. The summed E-state index contributed by atoms with van der Waals surface area (Å²) < 4.78 is 5.68. The van der Waals surface area contributed by atoms with Crippen molar-refractivity contribution in [3.8, 4) is 5.75 Å². The maximum Gasteiger partial charge on any atom is 0.241 e. The van der Waals surface area contributed by atoms with E-state index in [1.165, 1.54) is 5.56 Å². The van der Waals surface area contributed by atoms with Crippen molar-refractivity contribution in [3.63, 3.8) is 0 Å². The minimum atomic E-state index is -0.355. The quantitative estimate of drug-likeness (QED) is 0.639. The second-order valence-corrected chi connectivity index (χ2v) is 9.33. The number of hydrogen-bond acceptors (Lipinski definition) is 5. The van der Waals surface area contributed by atoms with Crippen LogP contribution >= 0.6 is 0 Å². The Bertz CT molecular complexity index is 1110. The number of piperazine rings is 1. The highest BCUT2D eigenvalue weighted by Crippen LogP contribution is 2.34. The predicted molar refractivity (Wildman–Crippen MR) is 134 cm³/mol. The van der Waals surface area contributed by atoms with Crippen LogP contribution in [0.15, 0.2) is 48.5 Å². The van der Waals surface area contributed by atoms with E-state index in [9.17, 15) is 14.4 Å². The van der Waals surface area contributed by atoms with Crippen molar-refractivity contribution in [2.24, 2.45) is 5.92 Å². The van der Waals surface area contributed by atoms with Crippen molar-refractivity contribution >= 4 is 29.1 Å². The van der Waals surface area contributed by atoms with Gasteiger partial charge in [-0.25, -0.2) is 0 Å². The smallest absolute Gasteiger partial charge is 0.241 e. The molecule has 35 heavy (non-hydrogen) atoms. The summed E-state index contributed by atoms with van der Waals surface area (Å²) in [7, 11) is 0. The molecule has 0 aliphatic carbocycles. The van der Waals surface area contributed by atoms with E-state index in [0.717, 1.165) is 24.3 Å². The second-order valence-electron chi connectivity index (χ2n) is 9.33. The van der Waals surface area contributed by atoms with Crippen molar-refractivity contribution in [2.45, 2.75) is 19.8 Å². The van der Waals surface area contributed by atoms with E-state index in [1.54, 1.807) is 4.90 Å². The Morgan fingerprint density at radius 3 is 2.43 bits per heavy atom. The number of para-hydroxylation sites is 3. The van der Waals surface area contributed by atoms with Crippen molar-refractivity contribution in [1.82, 2.24) is 9.80 Å². The highest BCUT2D eigenvalue weighted by atomic mass is 16.5. The molecule has 2 saturated heterocycles. The van der Waals surface area contributed by atoms with Crippen LogP contribution in [0.3, 0.4) is 0 Å². The van der Waals surface area contributed by atoms with Gasteiger partial charge in [0, 0.05) is 51.4 Å². The van der Waals surface area contributed by atoms with Crippen LogP contribution in [0.25, 0.3) is 0 Å². The molecule has 0 spiro atoms. The minimum absolute atomic E-state index is 0.0224. The maximum absolute atomic E-state index is 13.2. The van der Waals surface area contributed by atoms with Gasteiger partial charge in [0.1, 0.15) is 5.75 Å². The van der Waals surface area contributed by atoms with Gasteiger partial charge in [-0.2, -0.15) is 0 Å². The van der Waals surface area contributed by atoms with Crippen LogP contribution in [0, 0.1) is 5.92 Å². The Morgan fingerprint density at radius 2 is 1.66 bits per heavy atom. The van der Waals surface area contributed by atoms with E-state index in [1.807, 2.05) is 59.2 Å². The van der Waals surface area contributed by atoms with Crippen LogP contribution in [0.1, 0.15) is 18.9 Å². The topological polar surface area (TPSA) is 73.4 Å². The lowest BCUT2D eigenvalue weighted by Crippen LogP contribution is -2.52. The Labute approximate surface area is 206 Å². The Hall–Kier alpha value is -3.39.